The van der Waals surface area contributed by atoms with E-state index in [1.165, 1.54) is 5.56 Å². The number of hydrogen-bond acceptors (Lipinski definition) is 6. The lowest BCUT2D eigenvalue weighted by molar-refractivity contribution is -0.127. The van der Waals surface area contributed by atoms with Gasteiger partial charge in [-0.05, 0) is 50.1 Å². The van der Waals surface area contributed by atoms with Crippen molar-refractivity contribution in [1.82, 2.24) is 24.8 Å². The number of fused-ring (bicyclic) bond motifs is 1. The SMILES string of the molecule is Cc1ccc(Nc2nc3cc(Oc4ccnc(C(=O)NCCCN5CCCC5=O)c4)ccc3n2C)cc1. The van der Waals surface area contributed by atoms with Gasteiger partial charge in [-0.25, -0.2) is 4.98 Å². The number of carbonyl (C=O) groups excluding carboxylic acids is 2. The van der Waals surface area contributed by atoms with Gasteiger partial charge in [0.1, 0.15) is 17.2 Å². The summed E-state index contributed by atoms with van der Waals surface area (Å²) in [6.07, 6.45) is 3.80. The van der Waals surface area contributed by atoms with Gasteiger partial charge in [0.2, 0.25) is 11.9 Å². The maximum atomic E-state index is 12.6. The summed E-state index contributed by atoms with van der Waals surface area (Å²) < 4.78 is 8.02. The molecule has 2 aromatic heterocycles. The third-order valence-corrected chi connectivity index (χ3v) is 6.42. The van der Waals surface area contributed by atoms with E-state index < -0.39 is 0 Å². The maximum Gasteiger partial charge on any atom is 0.270 e. The van der Waals surface area contributed by atoms with Crippen molar-refractivity contribution in [3.63, 3.8) is 0 Å². The number of aryl methyl sites for hydroxylation is 2. The van der Waals surface area contributed by atoms with E-state index in [1.807, 2.05) is 46.8 Å². The molecule has 190 valence electrons. The standard InChI is InChI=1S/C28H30N6O3/c1-19-6-8-20(9-7-19)31-28-32-23-17-21(10-11-25(23)33(28)2)37-22-12-14-29-24(18-22)27(36)30-13-4-16-34-15-3-5-26(34)35/h6-12,14,17-18H,3-5,13,15-16H2,1-2H3,(H,30,36)(H,31,32). The fourth-order valence-electron chi connectivity index (χ4n) is 4.36. The molecule has 0 atom stereocenters. The van der Waals surface area contributed by atoms with Gasteiger partial charge < -0.3 is 24.8 Å². The molecule has 4 aromatic rings. The maximum absolute atomic E-state index is 12.6. The first-order valence-corrected chi connectivity index (χ1v) is 12.5. The van der Waals surface area contributed by atoms with E-state index in [9.17, 15) is 9.59 Å². The second-order valence-electron chi connectivity index (χ2n) is 9.21. The fourth-order valence-corrected chi connectivity index (χ4v) is 4.36. The Labute approximate surface area is 215 Å². The summed E-state index contributed by atoms with van der Waals surface area (Å²) in [5.74, 6) is 1.77. The molecular formula is C28H30N6O3. The predicted octanol–water partition coefficient (Wildman–Crippen LogP) is 4.55. The van der Waals surface area contributed by atoms with Crippen LogP contribution in [0.25, 0.3) is 11.0 Å². The highest BCUT2D eigenvalue weighted by atomic mass is 16.5. The molecule has 3 heterocycles. The Kier molecular flexibility index (Phi) is 7.02. The lowest BCUT2D eigenvalue weighted by atomic mass is 10.2. The van der Waals surface area contributed by atoms with Crippen molar-refractivity contribution in [2.75, 3.05) is 25.0 Å². The van der Waals surface area contributed by atoms with Crippen LogP contribution in [-0.2, 0) is 11.8 Å². The van der Waals surface area contributed by atoms with E-state index in [0.717, 1.165) is 35.6 Å². The van der Waals surface area contributed by atoms with Crippen LogP contribution < -0.4 is 15.4 Å². The number of pyridine rings is 1. The third-order valence-electron chi connectivity index (χ3n) is 6.42. The summed E-state index contributed by atoms with van der Waals surface area (Å²) in [5.41, 5.74) is 4.20. The number of rotatable bonds is 9. The van der Waals surface area contributed by atoms with Gasteiger partial charge in [0, 0.05) is 57.1 Å². The fraction of sp³-hybridized carbons (Fsp3) is 0.286. The number of benzene rings is 2. The van der Waals surface area contributed by atoms with Gasteiger partial charge in [-0.2, -0.15) is 0 Å². The summed E-state index contributed by atoms with van der Waals surface area (Å²) >= 11 is 0. The van der Waals surface area contributed by atoms with Gasteiger partial charge in [-0.15, -0.1) is 0 Å². The zero-order valence-corrected chi connectivity index (χ0v) is 21.0. The number of anilines is 2. The average molecular weight is 499 g/mol. The zero-order valence-electron chi connectivity index (χ0n) is 21.0. The van der Waals surface area contributed by atoms with Crippen LogP contribution in [0.5, 0.6) is 11.5 Å². The molecule has 9 heteroatoms. The van der Waals surface area contributed by atoms with E-state index in [4.69, 9.17) is 9.72 Å². The Balaban J connectivity index is 1.21. The number of likely N-dealkylation sites (tertiary alicyclic amines) is 1. The van der Waals surface area contributed by atoms with E-state index in [0.29, 0.717) is 37.4 Å². The first-order chi connectivity index (χ1) is 18.0. The van der Waals surface area contributed by atoms with Crippen molar-refractivity contribution in [3.05, 3.63) is 72.1 Å². The van der Waals surface area contributed by atoms with Gasteiger partial charge in [-0.1, -0.05) is 17.7 Å². The van der Waals surface area contributed by atoms with E-state index in [2.05, 4.69) is 34.7 Å². The smallest absolute Gasteiger partial charge is 0.270 e. The van der Waals surface area contributed by atoms with Crippen molar-refractivity contribution >= 4 is 34.5 Å². The highest BCUT2D eigenvalue weighted by molar-refractivity contribution is 5.92. The summed E-state index contributed by atoms with van der Waals surface area (Å²) in [6.45, 7) is 4.00. The Morgan fingerprint density at radius 1 is 1.08 bits per heavy atom. The second kappa shape index (κ2) is 10.7. The highest BCUT2D eigenvalue weighted by Crippen LogP contribution is 2.28. The minimum Gasteiger partial charge on any atom is -0.457 e. The Hall–Kier alpha value is -4.40. The Bertz CT molecular complexity index is 1430. The lowest BCUT2D eigenvalue weighted by Gasteiger charge is -2.15. The van der Waals surface area contributed by atoms with E-state index >= 15 is 0 Å². The molecule has 0 saturated carbocycles. The van der Waals surface area contributed by atoms with Crippen LogP contribution in [0, 0.1) is 6.92 Å². The molecule has 1 fully saturated rings. The third kappa shape index (κ3) is 5.72. The van der Waals surface area contributed by atoms with Crippen LogP contribution in [0.2, 0.25) is 0 Å². The Morgan fingerprint density at radius 2 is 1.89 bits per heavy atom. The highest BCUT2D eigenvalue weighted by Gasteiger charge is 2.19. The van der Waals surface area contributed by atoms with Crippen LogP contribution in [-0.4, -0.2) is 50.9 Å². The van der Waals surface area contributed by atoms with Crippen molar-refractivity contribution in [1.29, 1.82) is 0 Å². The number of nitrogens with zero attached hydrogens (tertiary/aromatic N) is 4. The molecular weight excluding hydrogens is 468 g/mol. The molecule has 5 rings (SSSR count). The van der Waals surface area contributed by atoms with Crippen molar-refractivity contribution in [3.8, 4) is 11.5 Å². The number of nitrogens with one attached hydrogen (secondary N) is 2. The van der Waals surface area contributed by atoms with E-state index in [-0.39, 0.29) is 17.5 Å². The molecule has 37 heavy (non-hydrogen) atoms. The van der Waals surface area contributed by atoms with Gasteiger partial charge in [0.05, 0.1) is 11.0 Å². The van der Waals surface area contributed by atoms with Gasteiger partial charge in [-0.3, -0.25) is 14.6 Å². The average Bonchev–Trinajstić information content (AvgIpc) is 3.45. The Morgan fingerprint density at radius 3 is 2.68 bits per heavy atom. The molecule has 1 aliphatic heterocycles. The minimum absolute atomic E-state index is 0.195. The summed E-state index contributed by atoms with van der Waals surface area (Å²) in [5, 5.41) is 6.23. The predicted molar refractivity (Wildman–Crippen MR) is 142 cm³/mol. The molecule has 1 aliphatic rings. The van der Waals surface area contributed by atoms with Crippen LogP contribution in [0.3, 0.4) is 0 Å². The van der Waals surface area contributed by atoms with Crippen molar-refractivity contribution in [2.24, 2.45) is 7.05 Å². The van der Waals surface area contributed by atoms with Crippen LogP contribution in [0.1, 0.15) is 35.3 Å². The number of hydrogen-bond donors (Lipinski definition) is 2. The zero-order chi connectivity index (χ0) is 25.8. The molecule has 1 saturated heterocycles. The van der Waals surface area contributed by atoms with Crippen LogP contribution >= 0.6 is 0 Å². The molecule has 0 aliphatic carbocycles. The topological polar surface area (TPSA) is 101 Å². The molecule has 2 N–H and O–H groups in total. The lowest BCUT2D eigenvalue weighted by Crippen LogP contribution is -2.30. The summed E-state index contributed by atoms with van der Waals surface area (Å²) in [4.78, 5) is 35.0. The number of imidazole rings is 1. The largest absolute Gasteiger partial charge is 0.457 e. The van der Waals surface area contributed by atoms with Gasteiger partial charge in [0.15, 0.2) is 0 Å². The minimum atomic E-state index is -0.273. The first-order valence-electron chi connectivity index (χ1n) is 12.5. The van der Waals surface area contributed by atoms with Crippen LogP contribution in [0.4, 0.5) is 11.6 Å². The molecule has 0 spiro atoms. The first kappa shape index (κ1) is 24.3. The van der Waals surface area contributed by atoms with E-state index in [1.54, 1.807) is 18.3 Å². The molecule has 2 aromatic carbocycles. The molecule has 0 bridgehead atoms. The van der Waals surface area contributed by atoms with Crippen molar-refractivity contribution < 1.29 is 14.3 Å². The number of amides is 2. The normalized spacial score (nSPS) is 13.2. The number of carbonyl (C=O) groups is 2. The number of ether oxygens (including phenoxy) is 1. The van der Waals surface area contributed by atoms with Gasteiger partial charge in [0.25, 0.3) is 5.91 Å². The summed E-state index contributed by atoms with van der Waals surface area (Å²) in [7, 11) is 1.96. The van der Waals surface area contributed by atoms with Gasteiger partial charge >= 0.3 is 0 Å². The monoisotopic (exact) mass is 498 g/mol. The molecule has 0 radical (unpaired) electrons. The quantitative estimate of drug-likeness (QED) is 0.328. The second-order valence-corrected chi connectivity index (χ2v) is 9.21. The van der Waals surface area contributed by atoms with Crippen LogP contribution in [0.15, 0.2) is 60.8 Å². The number of aromatic nitrogens is 3. The molecule has 0 unspecified atom stereocenters. The summed E-state index contributed by atoms with van der Waals surface area (Å²) in [6, 6.07) is 17.2. The molecule has 9 nitrogen and oxygen atoms in total. The van der Waals surface area contributed by atoms with Crippen molar-refractivity contribution in [2.45, 2.75) is 26.2 Å². The molecule has 2 amide bonds.